The summed E-state index contributed by atoms with van der Waals surface area (Å²) in [6.07, 6.45) is 8.34. The predicted molar refractivity (Wildman–Crippen MR) is 286 cm³/mol. The number of hydrogen-bond acceptors (Lipinski definition) is 10. The number of ether oxygens (including phenoxy) is 5. The second kappa shape index (κ2) is 24.2. The van der Waals surface area contributed by atoms with Crippen molar-refractivity contribution in [3.63, 3.8) is 0 Å². The Hall–Kier alpha value is -1.56. The van der Waals surface area contributed by atoms with Crippen LogP contribution in [0.15, 0.2) is 69.7 Å². The number of rotatable bonds is 21. The van der Waals surface area contributed by atoms with E-state index in [1.807, 2.05) is 4.08 Å². The molecule has 6 rings (SSSR count). The molecule has 10 nitrogen and oxygen atoms in total. The average molecular weight is 1110 g/mol. The van der Waals surface area contributed by atoms with Gasteiger partial charge in [-0.3, -0.25) is 4.79 Å². The summed E-state index contributed by atoms with van der Waals surface area (Å²) >= 11 is 2.27. The van der Waals surface area contributed by atoms with Crippen LogP contribution in [0.25, 0.3) is 0 Å². The van der Waals surface area contributed by atoms with Crippen LogP contribution in [0.1, 0.15) is 139 Å². The summed E-state index contributed by atoms with van der Waals surface area (Å²) in [5, 5.41) is -1.30. The van der Waals surface area contributed by atoms with Gasteiger partial charge in [0.15, 0.2) is 23.9 Å². The maximum Gasteiger partial charge on any atom is 0.193 e. The fourth-order valence-electron chi connectivity index (χ4n) is 11.7. The van der Waals surface area contributed by atoms with E-state index in [2.05, 4.69) is 117 Å². The first-order valence-electron chi connectivity index (χ1n) is 26.3. The Morgan fingerprint density at radius 1 is 0.899 bits per heavy atom. The van der Waals surface area contributed by atoms with E-state index in [0.717, 1.165) is 56.0 Å². The van der Waals surface area contributed by atoms with E-state index in [0.29, 0.717) is 38.0 Å². The van der Waals surface area contributed by atoms with Gasteiger partial charge in [-0.25, -0.2) is 8.42 Å². The molecule has 5 aliphatic heterocycles. The fourth-order valence-corrected chi connectivity index (χ4v) is 15.4. The molecule has 18 atom stereocenters. The first kappa shape index (κ1) is 56.7. The Bertz CT molecular complexity index is 2040. The minimum absolute atomic E-state index is 0.0125. The number of halogens is 1. The lowest BCUT2D eigenvalue weighted by molar-refractivity contribution is -0.237. The van der Waals surface area contributed by atoms with Crippen molar-refractivity contribution in [1.82, 2.24) is 0 Å². The van der Waals surface area contributed by atoms with Gasteiger partial charge in [-0.1, -0.05) is 123 Å². The van der Waals surface area contributed by atoms with E-state index in [1.54, 1.807) is 30.3 Å². The minimum atomic E-state index is -4.19. The Balaban J connectivity index is 1.24. The number of carbonyl (C=O) groups excluding carboxylic acids is 2. The zero-order valence-corrected chi connectivity index (χ0v) is 47.8. The van der Waals surface area contributed by atoms with Crippen molar-refractivity contribution < 1.29 is 46.1 Å². The molecule has 5 heterocycles. The molecule has 0 N–H and O–H groups in total. The lowest BCUT2D eigenvalue weighted by Gasteiger charge is -2.51. The van der Waals surface area contributed by atoms with Crippen LogP contribution < -0.4 is 0 Å². The lowest BCUT2D eigenvalue weighted by atomic mass is 9.76. The normalized spacial score (nSPS) is 36.0. The number of aldehydes is 1. The Morgan fingerprint density at radius 3 is 2.25 bits per heavy atom. The van der Waals surface area contributed by atoms with Crippen LogP contribution in [0, 0.1) is 35.5 Å². The Kier molecular flexibility index (Phi) is 19.9. The van der Waals surface area contributed by atoms with Crippen molar-refractivity contribution in [3.05, 3.63) is 64.8 Å². The molecule has 388 valence electrons. The third-order valence-electron chi connectivity index (χ3n) is 17.4. The first-order valence-corrected chi connectivity index (χ1v) is 32.0. The van der Waals surface area contributed by atoms with Crippen molar-refractivity contribution in [2.24, 2.45) is 35.5 Å². The van der Waals surface area contributed by atoms with Crippen LogP contribution in [-0.4, -0.2) is 101 Å². The number of Topliss-reactive ketones (excluding diaryl/α,β-unsaturated/α-hetero) is 1. The number of sulfone groups is 1. The zero-order valence-electron chi connectivity index (χ0n) is 43.8. The summed E-state index contributed by atoms with van der Waals surface area (Å²) in [4.78, 5) is 26.5. The second-order valence-electron chi connectivity index (χ2n) is 23.3. The topological polar surface area (TPSA) is 124 Å². The monoisotopic (exact) mass is 1110 g/mol. The van der Waals surface area contributed by atoms with Crippen molar-refractivity contribution >= 4 is 52.8 Å². The molecule has 69 heavy (non-hydrogen) atoms. The van der Waals surface area contributed by atoms with Gasteiger partial charge in [0, 0.05) is 25.2 Å². The van der Waals surface area contributed by atoms with Gasteiger partial charge < -0.3 is 32.9 Å². The molecule has 5 aliphatic rings. The Labute approximate surface area is 431 Å². The van der Waals surface area contributed by atoms with Crippen LogP contribution in [0.5, 0.6) is 0 Å². The average Bonchev–Trinajstić information content (AvgIpc) is 3.80. The molecule has 1 aromatic carbocycles. The highest BCUT2D eigenvalue weighted by Gasteiger charge is 2.55. The predicted octanol–water partition coefficient (Wildman–Crippen LogP) is 12.4. The summed E-state index contributed by atoms with van der Waals surface area (Å²) in [5.41, 5.74) is 2.04. The van der Waals surface area contributed by atoms with E-state index < -0.39 is 41.5 Å². The van der Waals surface area contributed by atoms with Gasteiger partial charge in [-0.15, -0.1) is 0 Å². The molecule has 0 aliphatic carbocycles. The summed E-state index contributed by atoms with van der Waals surface area (Å²) < 4.78 is 73.8. The molecule has 0 aromatic heterocycles. The highest BCUT2D eigenvalue weighted by molar-refractivity contribution is 14.1. The molecular weight excluding hydrogens is 1020 g/mol. The quantitative estimate of drug-likeness (QED) is 0.0509. The first-order chi connectivity index (χ1) is 32.5. The van der Waals surface area contributed by atoms with Crippen LogP contribution in [-0.2, 0) is 47.5 Å². The van der Waals surface area contributed by atoms with E-state index in [-0.39, 0.29) is 101 Å². The molecule has 0 amide bonds. The van der Waals surface area contributed by atoms with E-state index in [1.165, 1.54) is 0 Å². The molecule has 0 radical (unpaired) electrons. The molecular formula is C56H87IO10SSi. The molecule has 0 saturated carbocycles. The van der Waals surface area contributed by atoms with Crippen molar-refractivity contribution in [2.45, 2.75) is 235 Å². The van der Waals surface area contributed by atoms with Crippen LogP contribution >= 0.6 is 22.6 Å². The summed E-state index contributed by atoms with van der Waals surface area (Å²) in [7, 11) is -6.32. The number of ketones is 1. The maximum atomic E-state index is 15.4. The van der Waals surface area contributed by atoms with E-state index in [9.17, 15) is 4.79 Å². The van der Waals surface area contributed by atoms with Gasteiger partial charge in [0.25, 0.3) is 0 Å². The standard InChI is InChI=1S/C56H87IO10SSi/c1-14-34(2)29-49-40(8)52(51(65-49)33-50-37(5)35(3)30-42(63-50)22-24-46-36(4)31-41(62-46)19-18-28-58)55(68(60,61)44-20-16-15-17-21-44)45(59)32-43-23-25-47-53(64-43)38(6)39(7)54(66-47)48(26-27-57)67-69(12,13)56(9,10)11/h15-17,20-21,26-28,34-35,38-43,46-55H,4-5,14,18-19,22-25,29-33H2,1-3,6-13H3/b27-26+/t34-,35-,38?,39+,40+,41+,42+,43-,46?,47+,48+,49-,50?,51+,52-,53-,54-,55?/m1/s1. The smallest absolute Gasteiger partial charge is 0.193 e. The SMILES string of the molecule is C=C1C[C@H](CCC=O)OC1CC[C@H]1C[C@@H](C)C(=C)C(C[C@@H]2O[C@H](C[C@H](C)CC)[C@H](C)[C@H]2C(C(=O)C[C@H]2CC[C@@H]3O[C@@H]([C@H](/C=C/I)O[Si](C)(C)C(C)(C)C)[C@@H](C)C(C)[C@H]3O2)S(=O)(=O)c2ccccc2)O1. The van der Waals surface area contributed by atoms with Gasteiger partial charge in [-0.05, 0) is 133 Å². The van der Waals surface area contributed by atoms with Crippen LogP contribution in [0.2, 0.25) is 18.1 Å². The van der Waals surface area contributed by atoms with Gasteiger partial charge in [-0.2, -0.15) is 0 Å². The maximum absolute atomic E-state index is 15.4. The fraction of sp³-hybridized carbons (Fsp3) is 0.750. The van der Waals surface area contributed by atoms with Gasteiger partial charge in [0.05, 0.1) is 72.0 Å². The van der Waals surface area contributed by atoms with Crippen LogP contribution in [0.3, 0.4) is 0 Å². The number of hydrogen-bond donors (Lipinski definition) is 0. The molecule has 4 unspecified atom stereocenters. The van der Waals surface area contributed by atoms with E-state index >= 15 is 13.2 Å². The number of carbonyl (C=O) groups is 2. The van der Waals surface area contributed by atoms with Crippen LogP contribution in [0.4, 0.5) is 0 Å². The van der Waals surface area contributed by atoms with E-state index in [4.69, 9.17) is 28.1 Å². The zero-order chi connectivity index (χ0) is 50.6. The molecule has 13 heteroatoms. The molecule has 5 saturated heterocycles. The molecule has 5 fully saturated rings. The third kappa shape index (κ3) is 13.4. The summed E-state index contributed by atoms with van der Waals surface area (Å²) in [5.74, 6) is -0.421. The summed E-state index contributed by atoms with van der Waals surface area (Å²) in [6, 6.07) is 8.49. The minimum Gasteiger partial charge on any atom is -0.408 e. The largest absolute Gasteiger partial charge is 0.408 e. The van der Waals surface area contributed by atoms with Gasteiger partial charge in [0.1, 0.15) is 11.5 Å². The number of benzene rings is 1. The van der Waals surface area contributed by atoms with Crippen molar-refractivity contribution in [2.75, 3.05) is 0 Å². The number of fused-ring (bicyclic) bond motifs is 1. The third-order valence-corrected chi connectivity index (χ3v) is 24.5. The molecule has 1 aromatic rings. The highest BCUT2D eigenvalue weighted by atomic mass is 127. The van der Waals surface area contributed by atoms with Gasteiger partial charge in [0.2, 0.25) is 0 Å². The van der Waals surface area contributed by atoms with Gasteiger partial charge >= 0.3 is 0 Å². The second-order valence-corrected chi connectivity index (χ2v) is 30.8. The highest BCUT2D eigenvalue weighted by Crippen LogP contribution is 2.48. The summed E-state index contributed by atoms with van der Waals surface area (Å²) in [6.45, 7) is 33.3. The van der Waals surface area contributed by atoms with Crippen molar-refractivity contribution in [3.8, 4) is 0 Å². The van der Waals surface area contributed by atoms with Crippen molar-refractivity contribution in [1.29, 1.82) is 0 Å². The molecule has 0 bridgehead atoms. The lowest BCUT2D eigenvalue weighted by Crippen LogP contribution is -2.58. The molecule has 0 spiro atoms. The Morgan fingerprint density at radius 2 is 1.59 bits per heavy atom.